The van der Waals surface area contributed by atoms with Crippen molar-refractivity contribution >= 4 is 5.97 Å². The molecule has 0 saturated carbocycles. The van der Waals surface area contributed by atoms with Crippen molar-refractivity contribution < 1.29 is 15.0 Å². The molecule has 2 unspecified atom stereocenters. The zero-order valence-electron chi connectivity index (χ0n) is 8.41. The number of aliphatic carboxylic acids is 1. The van der Waals surface area contributed by atoms with Gasteiger partial charge in [0, 0.05) is 6.61 Å². The summed E-state index contributed by atoms with van der Waals surface area (Å²) in [6.07, 6.45) is 4.56. The molecule has 0 radical (unpaired) electrons. The Morgan fingerprint density at radius 3 is 2.79 bits per heavy atom. The first kappa shape index (κ1) is 11.5. The molecule has 2 atom stereocenters. The molecule has 1 saturated heterocycles. The molecule has 1 aliphatic heterocycles. The van der Waals surface area contributed by atoms with Crippen LogP contribution in [0.5, 0.6) is 0 Å². The lowest BCUT2D eigenvalue weighted by Crippen LogP contribution is -2.35. The molecule has 3 N–H and O–H groups in total. The standard InChI is InChI=1S/C10H19NO3/c12-7-1-2-8-3-4-9(10(13)14)11-6-5-8/h8-9,11-12H,1-7H2,(H,13,14). The third-order valence-electron chi connectivity index (χ3n) is 2.88. The minimum absolute atomic E-state index is 0.242. The molecular weight excluding hydrogens is 182 g/mol. The third kappa shape index (κ3) is 3.64. The summed E-state index contributed by atoms with van der Waals surface area (Å²) in [5.41, 5.74) is 0. The average Bonchev–Trinajstić information content (AvgIpc) is 2.39. The summed E-state index contributed by atoms with van der Waals surface area (Å²) in [4.78, 5) is 10.7. The van der Waals surface area contributed by atoms with E-state index in [9.17, 15) is 4.79 Å². The highest BCUT2D eigenvalue weighted by Gasteiger charge is 2.22. The van der Waals surface area contributed by atoms with E-state index in [1.807, 2.05) is 0 Å². The molecule has 14 heavy (non-hydrogen) atoms. The van der Waals surface area contributed by atoms with Gasteiger partial charge in [-0.3, -0.25) is 4.79 Å². The van der Waals surface area contributed by atoms with Gasteiger partial charge in [0.15, 0.2) is 0 Å². The summed E-state index contributed by atoms with van der Waals surface area (Å²) in [6, 6.07) is -0.367. The van der Waals surface area contributed by atoms with Gasteiger partial charge in [0.2, 0.25) is 0 Å². The van der Waals surface area contributed by atoms with Gasteiger partial charge in [0.1, 0.15) is 6.04 Å². The lowest BCUT2D eigenvalue weighted by molar-refractivity contribution is -0.139. The fraction of sp³-hybridized carbons (Fsp3) is 0.900. The summed E-state index contributed by atoms with van der Waals surface area (Å²) in [5.74, 6) is -0.160. The maximum Gasteiger partial charge on any atom is 0.320 e. The highest BCUT2D eigenvalue weighted by molar-refractivity contribution is 5.73. The normalized spacial score (nSPS) is 28.4. The SMILES string of the molecule is O=C(O)C1CCC(CCCO)CCN1. The zero-order chi connectivity index (χ0) is 10.4. The van der Waals surface area contributed by atoms with Crippen LogP contribution in [0.1, 0.15) is 32.1 Å². The van der Waals surface area contributed by atoms with E-state index in [1.54, 1.807) is 0 Å². The molecule has 4 nitrogen and oxygen atoms in total. The zero-order valence-corrected chi connectivity index (χ0v) is 8.41. The van der Waals surface area contributed by atoms with Crippen LogP contribution in [0.25, 0.3) is 0 Å². The van der Waals surface area contributed by atoms with E-state index in [0.717, 1.165) is 32.2 Å². The summed E-state index contributed by atoms with van der Waals surface area (Å²) in [5, 5.41) is 20.5. The highest BCUT2D eigenvalue weighted by Crippen LogP contribution is 2.21. The molecule has 0 aromatic heterocycles. The van der Waals surface area contributed by atoms with Crippen LogP contribution >= 0.6 is 0 Å². The van der Waals surface area contributed by atoms with Crippen molar-refractivity contribution in [2.24, 2.45) is 5.92 Å². The Kier molecular flexibility index (Phi) is 4.90. The lowest BCUT2D eigenvalue weighted by atomic mass is 9.94. The van der Waals surface area contributed by atoms with Crippen molar-refractivity contribution in [1.82, 2.24) is 5.32 Å². The van der Waals surface area contributed by atoms with Gasteiger partial charge >= 0.3 is 5.97 Å². The Bertz CT molecular complexity index is 184. The number of aliphatic hydroxyl groups excluding tert-OH is 1. The Hall–Kier alpha value is -0.610. The van der Waals surface area contributed by atoms with Gasteiger partial charge in [-0.1, -0.05) is 0 Å². The molecule has 0 aromatic rings. The number of nitrogens with one attached hydrogen (secondary N) is 1. The van der Waals surface area contributed by atoms with Gasteiger partial charge in [0.25, 0.3) is 0 Å². The fourth-order valence-electron chi connectivity index (χ4n) is 1.99. The Balaban J connectivity index is 2.29. The first-order valence-corrected chi connectivity index (χ1v) is 5.31. The maximum absolute atomic E-state index is 10.7. The van der Waals surface area contributed by atoms with Gasteiger partial charge in [-0.2, -0.15) is 0 Å². The summed E-state index contributed by atoms with van der Waals surface area (Å²) >= 11 is 0. The second-order valence-electron chi connectivity index (χ2n) is 3.94. The second kappa shape index (κ2) is 5.98. The van der Waals surface area contributed by atoms with Crippen LogP contribution in [0.15, 0.2) is 0 Å². The Morgan fingerprint density at radius 2 is 2.14 bits per heavy atom. The molecular formula is C10H19NO3. The van der Waals surface area contributed by atoms with Crippen LogP contribution in [-0.2, 0) is 4.79 Å². The number of carboxylic acid groups (broad SMARTS) is 1. The van der Waals surface area contributed by atoms with E-state index in [-0.39, 0.29) is 12.6 Å². The molecule has 1 heterocycles. The summed E-state index contributed by atoms with van der Waals surface area (Å²) in [6.45, 7) is 1.03. The lowest BCUT2D eigenvalue weighted by Gasteiger charge is -2.11. The summed E-state index contributed by atoms with van der Waals surface area (Å²) in [7, 11) is 0. The summed E-state index contributed by atoms with van der Waals surface area (Å²) < 4.78 is 0. The van der Waals surface area contributed by atoms with Gasteiger partial charge in [-0.05, 0) is 44.6 Å². The molecule has 0 aromatic carbocycles. The third-order valence-corrected chi connectivity index (χ3v) is 2.88. The van der Waals surface area contributed by atoms with E-state index in [2.05, 4.69) is 5.32 Å². The number of carboxylic acids is 1. The van der Waals surface area contributed by atoms with Crippen LogP contribution in [0.2, 0.25) is 0 Å². The largest absolute Gasteiger partial charge is 0.480 e. The highest BCUT2D eigenvalue weighted by atomic mass is 16.4. The van der Waals surface area contributed by atoms with Crippen LogP contribution < -0.4 is 5.32 Å². The van der Waals surface area contributed by atoms with Crippen LogP contribution in [0.3, 0.4) is 0 Å². The minimum atomic E-state index is -0.743. The van der Waals surface area contributed by atoms with Crippen molar-refractivity contribution in [2.75, 3.05) is 13.2 Å². The van der Waals surface area contributed by atoms with Gasteiger partial charge < -0.3 is 15.5 Å². The van der Waals surface area contributed by atoms with Crippen molar-refractivity contribution in [3.8, 4) is 0 Å². The topological polar surface area (TPSA) is 69.6 Å². The van der Waals surface area contributed by atoms with Crippen LogP contribution in [0.4, 0.5) is 0 Å². The van der Waals surface area contributed by atoms with Gasteiger partial charge in [-0.15, -0.1) is 0 Å². The average molecular weight is 201 g/mol. The first-order chi connectivity index (χ1) is 6.74. The monoisotopic (exact) mass is 201 g/mol. The van der Waals surface area contributed by atoms with Crippen molar-refractivity contribution in [3.63, 3.8) is 0 Å². The van der Waals surface area contributed by atoms with Gasteiger partial charge in [0.05, 0.1) is 0 Å². The predicted octanol–water partition coefficient (Wildman–Crippen LogP) is 0.602. The van der Waals surface area contributed by atoms with Crippen LogP contribution in [-0.4, -0.2) is 35.4 Å². The number of hydrogen-bond acceptors (Lipinski definition) is 3. The quantitative estimate of drug-likeness (QED) is 0.623. The van der Waals surface area contributed by atoms with Crippen molar-refractivity contribution in [1.29, 1.82) is 0 Å². The molecule has 1 aliphatic rings. The fourth-order valence-corrected chi connectivity index (χ4v) is 1.99. The number of carbonyl (C=O) groups is 1. The number of aliphatic hydroxyl groups is 1. The maximum atomic E-state index is 10.7. The molecule has 4 heteroatoms. The Labute approximate surface area is 84.3 Å². The smallest absolute Gasteiger partial charge is 0.320 e. The molecule has 82 valence electrons. The molecule has 1 rings (SSSR count). The number of rotatable bonds is 4. The van der Waals surface area contributed by atoms with E-state index >= 15 is 0 Å². The van der Waals surface area contributed by atoms with Crippen molar-refractivity contribution in [3.05, 3.63) is 0 Å². The van der Waals surface area contributed by atoms with Crippen molar-refractivity contribution in [2.45, 2.75) is 38.1 Å². The van der Waals surface area contributed by atoms with Crippen LogP contribution in [0, 0.1) is 5.92 Å². The van der Waals surface area contributed by atoms with Gasteiger partial charge in [-0.25, -0.2) is 0 Å². The second-order valence-corrected chi connectivity index (χ2v) is 3.94. The van der Waals surface area contributed by atoms with E-state index < -0.39 is 5.97 Å². The molecule has 0 bridgehead atoms. The minimum Gasteiger partial charge on any atom is -0.480 e. The first-order valence-electron chi connectivity index (χ1n) is 5.31. The Morgan fingerprint density at radius 1 is 1.36 bits per heavy atom. The van der Waals surface area contributed by atoms with E-state index in [0.29, 0.717) is 12.3 Å². The predicted molar refractivity (Wildman–Crippen MR) is 53.1 cm³/mol. The van der Waals surface area contributed by atoms with E-state index in [1.165, 1.54) is 0 Å². The molecule has 0 aliphatic carbocycles. The number of hydrogen-bond donors (Lipinski definition) is 3. The molecule has 0 amide bonds. The molecule has 1 fully saturated rings. The molecule has 0 spiro atoms. The van der Waals surface area contributed by atoms with E-state index in [4.69, 9.17) is 10.2 Å².